The number of hydrogen-bond donors (Lipinski definition) is 1. The number of ether oxygens (including phenoxy) is 1. The molecule has 2 aliphatic heterocycles. The summed E-state index contributed by atoms with van der Waals surface area (Å²) in [5, 5.41) is 5.42. The minimum absolute atomic E-state index is 0.0369. The van der Waals surface area contributed by atoms with Gasteiger partial charge in [-0.3, -0.25) is 4.79 Å². The van der Waals surface area contributed by atoms with E-state index in [0.29, 0.717) is 6.54 Å². The molecule has 6 heteroatoms. The number of carbonyl (C=O) groups excluding carboxylic acids is 1. The van der Waals surface area contributed by atoms with E-state index in [1.807, 2.05) is 22.7 Å². The van der Waals surface area contributed by atoms with Gasteiger partial charge in [-0.25, -0.2) is 0 Å². The molecule has 0 radical (unpaired) electrons. The maximum Gasteiger partial charge on any atom is 0.240 e. The highest BCUT2D eigenvalue weighted by atomic mass is 32.2. The summed E-state index contributed by atoms with van der Waals surface area (Å²) in [6.45, 7) is 3.19. The molecule has 1 amide bonds. The predicted molar refractivity (Wildman–Crippen MR) is 87.8 cm³/mol. The van der Waals surface area contributed by atoms with Crippen molar-refractivity contribution in [3.8, 4) is 0 Å². The number of nitrogens with zero attached hydrogens (tertiary/aromatic N) is 1. The van der Waals surface area contributed by atoms with Crippen LogP contribution in [-0.4, -0.2) is 54.2 Å². The van der Waals surface area contributed by atoms with Gasteiger partial charge in [-0.1, -0.05) is 6.07 Å². The van der Waals surface area contributed by atoms with E-state index in [1.54, 1.807) is 11.3 Å². The number of thioether (sulfide) groups is 1. The van der Waals surface area contributed by atoms with Gasteiger partial charge in [0.1, 0.15) is 0 Å². The van der Waals surface area contributed by atoms with Gasteiger partial charge in [0.15, 0.2) is 0 Å². The molecule has 1 aromatic rings. The normalized spacial score (nSPS) is 25.9. The van der Waals surface area contributed by atoms with E-state index in [2.05, 4.69) is 16.8 Å². The summed E-state index contributed by atoms with van der Waals surface area (Å²) in [7, 11) is 0. The number of rotatable bonds is 5. The van der Waals surface area contributed by atoms with Crippen LogP contribution in [-0.2, 0) is 16.1 Å². The Kier molecular flexibility index (Phi) is 5.57. The summed E-state index contributed by atoms with van der Waals surface area (Å²) in [6, 6.07) is 4.11. The lowest BCUT2D eigenvalue weighted by atomic mass is 10.2. The first-order valence-corrected chi connectivity index (χ1v) is 9.60. The first-order valence-electron chi connectivity index (χ1n) is 7.57. The molecule has 21 heavy (non-hydrogen) atoms. The molecule has 3 heterocycles. The highest BCUT2D eigenvalue weighted by molar-refractivity contribution is 7.99. The van der Waals surface area contributed by atoms with Crippen LogP contribution in [0.5, 0.6) is 0 Å². The molecule has 2 atom stereocenters. The van der Waals surface area contributed by atoms with Crippen molar-refractivity contribution >= 4 is 29.0 Å². The van der Waals surface area contributed by atoms with Gasteiger partial charge in [-0.05, 0) is 24.3 Å². The van der Waals surface area contributed by atoms with Crippen molar-refractivity contribution in [2.45, 2.75) is 31.5 Å². The molecular formula is C15H22N2O2S2. The monoisotopic (exact) mass is 326 g/mol. The maximum atomic E-state index is 12.8. The Hall–Kier alpha value is -0.560. The van der Waals surface area contributed by atoms with Crippen molar-refractivity contribution in [3.05, 3.63) is 22.4 Å². The average Bonchev–Trinajstić information content (AvgIpc) is 3.20. The largest absolute Gasteiger partial charge is 0.376 e. The van der Waals surface area contributed by atoms with E-state index in [0.717, 1.165) is 44.0 Å². The summed E-state index contributed by atoms with van der Waals surface area (Å²) >= 11 is 3.57. The highest BCUT2D eigenvalue weighted by Crippen LogP contribution is 2.19. The summed E-state index contributed by atoms with van der Waals surface area (Å²) in [4.78, 5) is 16.0. The molecule has 4 nitrogen and oxygen atoms in total. The Morgan fingerprint density at radius 2 is 2.48 bits per heavy atom. The molecule has 0 aromatic carbocycles. The van der Waals surface area contributed by atoms with Gasteiger partial charge >= 0.3 is 0 Å². The Morgan fingerprint density at radius 1 is 1.52 bits per heavy atom. The molecule has 116 valence electrons. The maximum absolute atomic E-state index is 12.8. The fourth-order valence-electron chi connectivity index (χ4n) is 2.80. The third-order valence-electron chi connectivity index (χ3n) is 3.91. The van der Waals surface area contributed by atoms with Crippen LogP contribution in [0.1, 0.15) is 17.7 Å². The van der Waals surface area contributed by atoms with Crippen LogP contribution in [0.2, 0.25) is 0 Å². The lowest BCUT2D eigenvalue weighted by molar-refractivity contribution is -0.135. The second-order valence-corrected chi connectivity index (χ2v) is 7.70. The van der Waals surface area contributed by atoms with Gasteiger partial charge in [0.25, 0.3) is 0 Å². The van der Waals surface area contributed by atoms with E-state index in [9.17, 15) is 4.79 Å². The van der Waals surface area contributed by atoms with Crippen LogP contribution < -0.4 is 5.32 Å². The second-order valence-electron chi connectivity index (χ2n) is 5.51. The number of thiophene rings is 1. The third kappa shape index (κ3) is 4.22. The zero-order valence-electron chi connectivity index (χ0n) is 12.1. The fraction of sp³-hybridized carbons (Fsp3) is 0.667. The van der Waals surface area contributed by atoms with E-state index in [4.69, 9.17) is 4.74 Å². The number of amides is 1. The van der Waals surface area contributed by atoms with Crippen LogP contribution in [0.3, 0.4) is 0 Å². The first-order chi connectivity index (χ1) is 10.3. The van der Waals surface area contributed by atoms with Crippen molar-refractivity contribution < 1.29 is 9.53 Å². The van der Waals surface area contributed by atoms with Gasteiger partial charge < -0.3 is 15.0 Å². The molecule has 0 bridgehead atoms. The Balaban J connectivity index is 1.65. The third-order valence-corrected chi connectivity index (χ3v) is 5.83. The highest BCUT2D eigenvalue weighted by Gasteiger charge is 2.29. The fourth-order valence-corrected chi connectivity index (χ4v) is 4.45. The van der Waals surface area contributed by atoms with Crippen LogP contribution >= 0.6 is 23.1 Å². The van der Waals surface area contributed by atoms with Crippen LogP contribution in [0, 0.1) is 0 Å². The lowest BCUT2D eigenvalue weighted by Crippen LogP contribution is -2.51. The first kappa shape index (κ1) is 15.3. The summed E-state index contributed by atoms with van der Waals surface area (Å²) in [5.41, 5.74) is 0. The number of hydrogen-bond acceptors (Lipinski definition) is 5. The van der Waals surface area contributed by atoms with E-state index in [-0.39, 0.29) is 18.1 Å². The Labute approximate surface area is 134 Å². The summed E-state index contributed by atoms with van der Waals surface area (Å²) < 4.78 is 5.72. The smallest absolute Gasteiger partial charge is 0.240 e. The van der Waals surface area contributed by atoms with E-state index < -0.39 is 0 Å². The van der Waals surface area contributed by atoms with Crippen LogP contribution in [0.15, 0.2) is 17.5 Å². The minimum Gasteiger partial charge on any atom is -0.376 e. The molecule has 2 aliphatic rings. The predicted octanol–water partition coefficient (Wildman–Crippen LogP) is 1.96. The molecular weight excluding hydrogens is 304 g/mol. The summed E-state index contributed by atoms with van der Waals surface area (Å²) in [5.74, 6) is 2.21. The zero-order valence-corrected chi connectivity index (χ0v) is 13.8. The van der Waals surface area contributed by atoms with E-state index >= 15 is 0 Å². The van der Waals surface area contributed by atoms with Crippen molar-refractivity contribution in [1.82, 2.24) is 10.2 Å². The van der Waals surface area contributed by atoms with Gasteiger partial charge in [-0.15, -0.1) is 11.3 Å². The number of nitrogens with one attached hydrogen (secondary N) is 1. The Morgan fingerprint density at radius 3 is 3.14 bits per heavy atom. The van der Waals surface area contributed by atoms with E-state index in [1.165, 1.54) is 4.88 Å². The van der Waals surface area contributed by atoms with Crippen molar-refractivity contribution in [1.29, 1.82) is 0 Å². The van der Waals surface area contributed by atoms with Gasteiger partial charge in [0.05, 0.1) is 18.7 Å². The second kappa shape index (κ2) is 7.63. The standard InChI is InChI=1S/C15H22N2O2S2/c18-15(14-11-20-8-5-16-14)17(9-12-3-1-6-19-12)10-13-4-2-7-21-13/h2,4,7,12,14,16H,1,3,5-6,8-11H2. The molecule has 2 fully saturated rings. The van der Waals surface area contributed by atoms with Crippen molar-refractivity contribution in [2.24, 2.45) is 0 Å². The van der Waals surface area contributed by atoms with Crippen LogP contribution in [0.4, 0.5) is 0 Å². The molecule has 1 aromatic heterocycles. The van der Waals surface area contributed by atoms with Crippen LogP contribution in [0.25, 0.3) is 0 Å². The average molecular weight is 326 g/mol. The summed E-state index contributed by atoms with van der Waals surface area (Å²) in [6.07, 6.45) is 2.40. The SMILES string of the molecule is O=C(C1CSCCN1)N(Cc1cccs1)CC1CCCO1. The van der Waals surface area contributed by atoms with Gasteiger partial charge in [0.2, 0.25) is 5.91 Å². The molecule has 3 rings (SSSR count). The lowest BCUT2D eigenvalue weighted by Gasteiger charge is -2.31. The molecule has 2 saturated heterocycles. The van der Waals surface area contributed by atoms with Gasteiger partial charge in [-0.2, -0.15) is 11.8 Å². The molecule has 0 spiro atoms. The van der Waals surface area contributed by atoms with Crippen molar-refractivity contribution in [3.63, 3.8) is 0 Å². The molecule has 1 N–H and O–H groups in total. The van der Waals surface area contributed by atoms with Crippen molar-refractivity contribution in [2.75, 3.05) is 31.2 Å². The molecule has 0 aliphatic carbocycles. The topological polar surface area (TPSA) is 41.6 Å². The number of carbonyl (C=O) groups is 1. The van der Waals surface area contributed by atoms with Gasteiger partial charge in [0, 0.05) is 36.1 Å². The quantitative estimate of drug-likeness (QED) is 0.898. The molecule has 2 unspecified atom stereocenters. The Bertz CT molecular complexity index is 441. The zero-order chi connectivity index (χ0) is 14.5. The minimum atomic E-state index is -0.0369. The molecule has 0 saturated carbocycles.